The Bertz CT molecular complexity index is 1090. The van der Waals surface area contributed by atoms with Crippen LogP contribution in [-0.4, -0.2) is 55.7 Å². The Kier molecular flexibility index (Phi) is 7.07. The summed E-state index contributed by atoms with van der Waals surface area (Å²) in [4.78, 5) is 16.8. The highest BCUT2D eigenvalue weighted by Gasteiger charge is 2.20. The number of hydrogen-bond acceptors (Lipinski definition) is 3. The molecule has 1 saturated heterocycles. The van der Waals surface area contributed by atoms with Crippen LogP contribution >= 0.6 is 0 Å². The molecule has 0 radical (unpaired) electrons. The summed E-state index contributed by atoms with van der Waals surface area (Å²) < 4.78 is 5.32. The van der Waals surface area contributed by atoms with Crippen molar-refractivity contribution >= 4 is 28.1 Å². The zero-order valence-electron chi connectivity index (χ0n) is 18.9. The van der Waals surface area contributed by atoms with Gasteiger partial charge in [0.25, 0.3) is 0 Å². The van der Waals surface area contributed by atoms with Crippen LogP contribution in [0.3, 0.4) is 0 Å². The Morgan fingerprint density at radius 3 is 2.44 bits per heavy atom. The van der Waals surface area contributed by atoms with E-state index in [-0.39, 0.29) is 6.03 Å². The lowest BCUT2D eigenvalue weighted by Crippen LogP contribution is -2.50. The van der Waals surface area contributed by atoms with Crippen molar-refractivity contribution in [1.29, 1.82) is 0 Å². The van der Waals surface area contributed by atoms with Gasteiger partial charge in [-0.1, -0.05) is 42.5 Å². The first-order valence-corrected chi connectivity index (χ1v) is 11.2. The van der Waals surface area contributed by atoms with Crippen molar-refractivity contribution in [3.05, 3.63) is 78.4 Å². The van der Waals surface area contributed by atoms with Gasteiger partial charge in [0.2, 0.25) is 0 Å². The fraction of sp³-hybridized carbons (Fsp3) is 0.296. The molecule has 166 valence electrons. The molecule has 5 heteroatoms. The van der Waals surface area contributed by atoms with Crippen molar-refractivity contribution in [3.8, 4) is 5.75 Å². The maximum absolute atomic E-state index is 12.4. The van der Waals surface area contributed by atoms with Gasteiger partial charge in [-0.05, 0) is 65.6 Å². The van der Waals surface area contributed by atoms with E-state index in [1.807, 2.05) is 41.3 Å². The van der Waals surface area contributed by atoms with Crippen LogP contribution in [-0.2, 0) is 0 Å². The molecular weight excluding hydrogens is 398 g/mol. The van der Waals surface area contributed by atoms with Crippen LogP contribution in [0, 0.1) is 0 Å². The molecule has 1 N–H and O–H groups in total. The van der Waals surface area contributed by atoms with Crippen LogP contribution in [0.2, 0.25) is 0 Å². The molecule has 0 atom stereocenters. The number of anilines is 1. The maximum atomic E-state index is 12.4. The Morgan fingerprint density at radius 1 is 0.969 bits per heavy atom. The van der Waals surface area contributed by atoms with Crippen molar-refractivity contribution in [2.45, 2.75) is 13.3 Å². The number of urea groups is 1. The zero-order valence-corrected chi connectivity index (χ0v) is 18.9. The van der Waals surface area contributed by atoms with E-state index in [4.69, 9.17) is 4.74 Å². The first kappa shape index (κ1) is 21.9. The molecule has 0 bridgehead atoms. The summed E-state index contributed by atoms with van der Waals surface area (Å²) in [5.41, 5.74) is 3.39. The molecule has 1 aliphatic rings. The maximum Gasteiger partial charge on any atom is 0.321 e. The SMILES string of the molecule is COc1ccc2cc(/C(C)=C/CCN3CCN(C(=O)Nc4ccccc4)CC3)ccc2c1. The summed E-state index contributed by atoms with van der Waals surface area (Å²) in [6, 6.07) is 22.4. The van der Waals surface area contributed by atoms with Crippen molar-refractivity contribution in [2.24, 2.45) is 0 Å². The molecular formula is C27H31N3O2. The van der Waals surface area contributed by atoms with Crippen LogP contribution in [0.15, 0.2) is 72.8 Å². The molecule has 0 saturated carbocycles. The van der Waals surface area contributed by atoms with Gasteiger partial charge in [0.1, 0.15) is 5.75 Å². The third kappa shape index (κ3) is 5.48. The second-order valence-corrected chi connectivity index (χ2v) is 8.23. The first-order valence-electron chi connectivity index (χ1n) is 11.2. The van der Waals surface area contributed by atoms with E-state index in [9.17, 15) is 4.79 Å². The molecule has 0 aromatic heterocycles. The molecule has 0 aliphatic carbocycles. The second kappa shape index (κ2) is 10.3. The lowest BCUT2D eigenvalue weighted by atomic mass is 10.0. The minimum absolute atomic E-state index is 0.0134. The summed E-state index contributed by atoms with van der Waals surface area (Å²) in [6.07, 6.45) is 3.32. The summed E-state index contributed by atoms with van der Waals surface area (Å²) >= 11 is 0. The van der Waals surface area contributed by atoms with E-state index >= 15 is 0 Å². The van der Waals surface area contributed by atoms with E-state index in [0.29, 0.717) is 0 Å². The van der Waals surface area contributed by atoms with Crippen LogP contribution in [0.4, 0.5) is 10.5 Å². The summed E-state index contributed by atoms with van der Waals surface area (Å²) in [5, 5.41) is 5.39. The number of para-hydroxylation sites is 1. The van der Waals surface area contributed by atoms with Crippen LogP contribution in [0.1, 0.15) is 18.9 Å². The standard InChI is InChI=1S/C27H31N3O2/c1-21(22-10-11-24-20-26(32-2)13-12-23(24)19-22)7-6-14-29-15-17-30(18-16-29)27(31)28-25-8-4-3-5-9-25/h3-5,7-13,19-20H,6,14-18H2,1-2H3,(H,28,31)/b21-7+. The highest BCUT2D eigenvalue weighted by atomic mass is 16.5. The molecule has 0 unspecified atom stereocenters. The van der Waals surface area contributed by atoms with E-state index in [2.05, 4.69) is 53.5 Å². The molecule has 1 heterocycles. The average Bonchev–Trinajstić information content (AvgIpc) is 2.84. The third-order valence-corrected chi connectivity index (χ3v) is 6.08. The second-order valence-electron chi connectivity index (χ2n) is 8.23. The molecule has 32 heavy (non-hydrogen) atoms. The summed E-state index contributed by atoms with van der Waals surface area (Å²) in [7, 11) is 1.70. The van der Waals surface area contributed by atoms with Gasteiger partial charge in [-0.15, -0.1) is 0 Å². The van der Waals surface area contributed by atoms with E-state index < -0.39 is 0 Å². The number of piperazine rings is 1. The number of methoxy groups -OCH3 is 1. The lowest BCUT2D eigenvalue weighted by molar-refractivity contribution is 0.149. The minimum Gasteiger partial charge on any atom is -0.497 e. The lowest BCUT2D eigenvalue weighted by Gasteiger charge is -2.34. The topological polar surface area (TPSA) is 44.8 Å². The first-order chi connectivity index (χ1) is 15.6. The number of fused-ring (bicyclic) bond motifs is 1. The van der Waals surface area contributed by atoms with Crippen LogP contribution < -0.4 is 10.1 Å². The number of ether oxygens (including phenoxy) is 1. The number of nitrogens with zero attached hydrogens (tertiary/aromatic N) is 2. The number of benzene rings is 3. The van der Waals surface area contributed by atoms with Gasteiger partial charge in [-0.2, -0.15) is 0 Å². The normalized spacial score (nSPS) is 15.1. The van der Waals surface area contributed by atoms with Crippen molar-refractivity contribution in [1.82, 2.24) is 9.80 Å². The number of carbonyl (C=O) groups is 1. The molecule has 1 aliphatic heterocycles. The molecule has 1 fully saturated rings. The number of allylic oxidation sites excluding steroid dienone is 1. The molecule has 5 nitrogen and oxygen atoms in total. The molecule has 2 amide bonds. The molecule has 3 aromatic carbocycles. The third-order valence-electron chi connectivity index (χ3n) is 6.08. The van der Waals surface area contributed by atoms with Gasteiger partial charge in [0.05, 0.1) is 7.11 Å². The number of amides is 2. The van der Waals surface area contributed by atoms with Gasteiger partial charge in [-0.25, -0.2) is 4.79 Å². The Labute approximate surface area is 190 Å². The Hall–Kier alpha value is -3.31. The fourth-order valence-electron chi connectivity index (χ4n) is 4.08. The van der Waals surface area contributed by atoms with Gasteiger partial charge < -0.3 is 15.0 Å². The minimum atomic E-state index is -0.0134. The quantitative estimate of drug-likeness (QED) is 0.563. The number of rotatable bonds is 6. The predicted molar refractivity (Wildman–Crippen MR) is 132 cm³/mol. The van der Waals surface area contributed by atoms with Gasteiger partial charge >= 0.3 is 6.03 Å². The largest absolute Gasteiger partial charge is 0.497 e. The predicted octanol–water partition coefficient (Wildman–Crippen LogP) is 5.49. The van der Waals surface area contributed by atoms with Crippen LogP contribution in [0.5, 0.6) is 5.75 Å². The van der Waals surface area contributed by atoms with E-state index in [0.717, 1.165) is 50.6 Å². The smallest absolute Gasteiger partial charge is 0.321 e. The highest BCUT2D eigenvalue weighted by molar-refractivity contribution is 5.89. The van der Waals surface area contributed by atoms with Crippen molar-refractivity contribution < 1.29 is 9.53 Å². The van der Waals surface area contributed by atoms with Gasteiger partial charge in [0.15, 0.2) is 0 Å². The summed E-state index contributed by atoms with van der Waals surface area (Å²) in [6.45, 7) is 6.53. The van der Waals surface area contributed by atoms with E-state index in [1.54, 1.807) is 7.11 Å². The van der Waals surface area contributed by atoms with Crippen molar-refractivity contribution in [3.63, 3.8) is 0 Å². The van der Waals surface area contributed by atoms with Crippen molar-refractivity contribution in [2.75, 3.05) is 45.2 Å². The Morgan fingerprint density at radius 2 is 1.69 bits per heavy atom. The van der Waals surface area contributed by atoms with Gasteiger partial charge in [-0.3, -0.25) is 4.90 Å². The average molecular weight is 430 g/mol. The number of nitrogens with one attached hydrogen (secondary N) is 1. The molecule has 3 aromatic rings. The number of hydrogen-bond donors (Lipinski definition) is 1. The van der Waals surface area contributed by atoms with Gasteiger partial charge in [0, 0.05) is 38.4 Å². The fourth-order valence-corrected chi connectivity index (χ4v) is 4.08. The molecule has 0 spiro atoms. The summed E-state index contributed by atoms with van der Waals surface area (Å²) in [5.74, 6) is 0.884. The Balaban J connectivity index is 1.25. The van der Waals surface area contributed by atoms with Crippen LogP contribution in [0.25, 0.3) is 16.3 Å². The number of carbonyl (C=O) groups excluding carboxylic acids is 1. The zero-order chi connectivity index (χ0) is 22.3. The van der Waals surface area contributed by atoms with E-state index in [1.165, 1.54) is 21.9 Å². The monoisotopic (exact) mass is 429 g/mol. The molecule has 4 rings (SSSR count). The highest BCUT2D eigenvalue weighted by Crippen LogP contribution is 2.25.